The molecule has 0 radical (unpaired) electrons. The summed E-state index contributed by atoms with van der Waals surface area (Å²) in [5.41, 5.74) is 4.35. The van der Waals surface area contributed by atoms with Crippen LogP contribution in [0.4, 0.5) is 0 Å². The fourth-order valence-electron chi connectivity index (χ4n) is 3.95. The molecule has 1 saturated heterocycles. The van der Waals surface area contributed by atoms with Crippen molar-refractivity contribution in [2.45, 2.75) is 44.3 Å². The minimum Gasteiger partial charge on any atom is -0.472 e. The first-order chi connectivity index (χ1) is 10.9. The second kappa shape index (κ2) is 6.27. The number of furan rings is 1. The molecule has 3 heteroatoms. The molecule has 0 bridgehead atoms. The Labute approximate surface area is 132 Å². The van der Waals surface area contributed by atoms with Gasteiger partial charge in [0.05, 0.1) is 12.5 Å². The third-order valence-electron chi connectivity index (χ3n) is 5.17. The van der Waals surface area contributed by atoms with Gasteiger partial charge in [-0.25, -0.2) is 0 Å². The van der Waals surface area contributed by atoms with Crippen molar-refractivity contribution in [2.75, 3.05) is 13.1 Å². The summed E-state index contributed by atoms with van der Waals surface area (Å²) < 4.78 is 5.14. The van der Waals surface area contributed by atoms with Gasteiger partial charge in [0, 0.05) is 30.7 Å². The van der Waals surface area contributed by atoms with Crippen LogP contribution in [0.1, 0.15) is 29.5 Å². The molecule has 1 N–H and O–H groups in total. The Morgan fingerprint density at radius 2 is 1.95 bits per heavy atom. The van der Waals surface area contributed by atoms with Crippen molar-refractivity contribution in [1.82, 2.24) is 10.2 Å². The lowest BCUT2D eigenvalue weighted by atomic mass is 10.0. The Morgan fingerprint density at radius 3 is 2.68 bits per heavy atom. The van der Waals surface area contributed by atoms with Crippen molar-refractivity contribution in [3.05, 3.63) is 59.5 Å². The molecule has 2 aliphatic rings. The van der Waals surface area contributed by atoms with Crippen LogP contribution in [-0.2, 0) is 19.4 Å². The molecule has 22 heavy (non-hydrogen) atoms. The SMILES string of the molecule is c1ccc2c(c1)CC(N1CCC[C@@H](NCc3ccoc3)C1)C2. The quantitative estimate of drug-likeness (QED) is 0.940. The highest BCUT2D eigenvalue weighted by Crippen LogP contribution is 2.27. The topological polar surface area (TPSA) is 28.4 Å². The Balaban J connectivity index is 1.34. The smallest absolute Gasteiger partial charge is 0.0947 e. The van der Waals surface area contributed by atoms with Gasteiger partial charge in [0.25, 0.3) is 0 Å². The van der Waals surface area contributed by atoms with Crippen molar-refractivity contribution in [3.63, 3.8) is 0 Å². The summed E-state index contributed by atoms with van der Waals surface area (Å²) in [6.45, 7) is 3.35. The molecular weight excluding hydrogens is 272 g/mol. The van der Waals surface area contributed by atoms with E-state index in [2.05, 4.69) is 34.5 Å². The van der Waals surface area contributed by atoms with Gasteiger partial charge in [0.1, 0.15) is 0 Å². The first-order valence-electron chi connectivity index (χ1n) is 8.44. The molecule has 1 aromatic heterocycles. The number of benzene rings is 1. The van der Waals surface area contributed by atoms with E-state index in [1.807, 2.05) is 12.3 Å². The van der Waals surface area contributed by atoms with Gasteiger partial charge in [-0.3, -0.25) is 4.90 Å². The zero-order chi connectivity index (χ0) is 14.8. The first kappa shape index (κ1) is 14.0. The monoisotopic (exact) mass is 296 g/mol. The van der Waals surface area contributed by atoms with Gasteiger partial charge in [0.2, 0.25) is 0 Å². The molecule has 2 heterocycles. The number of hydrogen-bond donors (Lipinski definition) is 1. The van der Waals surface area contributed by atoms with Crippen LogP contribution in [0.25, 0.3) is 0 Å². The number of nitrogens with zero attached hydrogens (tertiary/aromatic N) is 1. The molecule has 1 fully saturated rings. The maximum absolute atomic E-state index is 5.14. The molecule has 0 unspecified atom stereocenters. The van der Waals surface area contributed by atoms with Gasteiger partial charge in [-0.2, -0.15) is 0 Å². The normalized spacial score (nSPS) is 22.8. The molecule has 0 saturated carbocycles. The third-order valence-corrected chi connectivity index (χ3v) is 5.17. The van der Waals surface area contributed by atoms with E-state index in [1.165, 1.54) is 44.3 Å². The largest absolute Gasteiger partial charge is 0.472 e. The molecule has 1 aliphatic carbocycles. The standard InChI is InChI=1S/C19H24N2O/c1-2-5-17-11-19(10-16(17)4-1)21-8-3-6-18(13-21)20-12-15-7-9-22-14-15/h1-2,4-5,7,9,14,18-20H,3,6,8,10-13H2/t18-/m1/s1. The molecule has 0 amide bonds. The summed E-state index contributed by atoms with van der Waals surface area (Å²) in [4.78, 5) is 2.70. The zero-order valence-corrected chi connectivity index (χ0v) is 13.0. The summed E-state index contributed by atoms with van der Waals surface area (Å²) in [5, 5.41) is 3.70. The fraction of sp³-hybridized carbons (Fsp3) is 0.474. The first-order valence-corrected chi connectivity index (χ1v) is 8.44. The minimum atomic E-state index is 0.604. The maximum Gasteiger partial charge on any atom is 0.0947 e. The van der Waals surface area contributed by atoms with E-state index in [4.69, 9.17) is 4.42 Å². The highest BCUT2D eigenvalue weighted by molar-refractivity contribution is 5.33. The highest BCUT2D eigenvalue weighted by Gasteiger charge is 2.30. The lowest BCUT2D eigenvalue weighted by Gasteiger charge is -2.37. The average molecular weight is 296 g/mol. The van der Waals surface area contributed by atoms with Crippen molar-refractivity contribution in [2.24, 2.45) is 0 Å². The number of rotatable bonds is 4. The number of fused-ring (bicyclic) bond motifs is 1. The Bertz CT molecular complexity index is 583. The maximum atomic E-state index is 5.14. The summed E-state index contributed by atoms with van der Waals surface area (Å²) in [7, 11) is 0. The molecular formula is C19H24N2O. The van der Waals surface area contributed by atoms with Crippen LogP contribution in [0.5, 0.6) is 0 Å². The second-order valence-corrected chi connectivity index (χ2v) is 6.68. The summed E-state index contributed by atoms with van der Waals surface area (Å²) >= 11 is 0. The lowest BCUT2D eigenvalue weighted by molar-refractivity contribution is 0.140. The summed E-state index contributed by atoms with van der Waals surface area (Å²) in [5.74, 6) is 0. The molecule has 4 rings (SSSR count). The highest BCUT2D eigenvalue weighted by atomic mass is 16.3. The van der Waals surface area contributed by atoms with Gasteiger partial charge in [-0.1, -0.05) is 24.3 Å². The van der Waals surface area contributed by atoms with Crippen LogP contribution in [0.15, 0.2) is 47.3 Å². The summed E-state index contributed by atoms with van der Waals surface area (Å²) in [6, 6.07) is 12.3. The van der Waals surface area contributed by atoms with Crippen molar-refractivity contribution in [3.8, 4) is 0 Å². The van der Waals surface area contributed by atoms with Gasteiger partial charge < -0.3 is 9.73 Å². The van der Waals surface area contributed by atoms with Crippen molar-refractivity contribution in [1.29, 1.82) is 0 Å². The molecule has 3 nitrogen and oxygen atoms in total. The molecule has 1 atom stereocenters. The van der Waals surface area contributed by atoms with Crippen LogP contribution in [0, 0.1) is 0 Å². The van der Waals surface area contributed by atoms with Crippen molar-refractivity contribution >= 4 is 0 Å². The van der Waals surface area contributed by atoms with Crippen LogP contribution >= 0.6 is 0 Å². The predicted molar refractivity (Wildman–Crippen MR) is 87.8 cm³/mol. The molecule has 116 valence electrons. The second-order valence-electron chi connectivity index (χ2n) is 6.68. The van der Waals surface area contributed by atoms with E-state index >= 15 is 0 Å². The van der Waals surface area contributed by atoms with E-state index in [0.29, 0.717) is 12.1 Å². The van der Waals surface area contributed by atoms with E-state index in [0.717, 1.165) is 6.54 Å². The third kappa shape index (κ3) is 2.96. The average Bonchev–Trinajstić information content (AvgIpc) is 3.22. The Hall–Kier alpha value is -1.58. The number of hydrogen-bond acceptors (Lipinski definition) is 3. The van der Waals surface area contributed by atoms with Crippen LogP contribution in [-0.4, -0.2) is 30.1 Å². The van der Waals surface area contributed by atoms with Crippen LogP contribution < -0.4 is 5.32 Å². The van der Waals surface area contributed by atoms with E-state index in [9.17, 15) is 0 Å². The predicted octanol–water partition coefficient (Wildman–Crippen LogP) is 3.00. The number of likely N-dealkylation sites (tertiary alicyclic amines) is 1. The molecule has 1 aliphatic heterocycles. The lowest BCUT2D eigenvalue weighted by Crippen LogP contribution is -2.49. The van der Waals surface area contributed by atoms with Gasteiger partial charge in [-0.15, -0.1) is 0 Å². The van der Waals surface area contributed by atoms with E-state index in [-0.39, 0.29) is 0 Å². The van der Waals surface area contributed by atoms with Gasteiger partial charge >= 0.3 is 0 Å². The van der Waals surface area contributed by atoms with Crippen LogP contribution in [0.2, 0.25) is 0 Å². The number of piperidine rings is 1. The van der Waals surface area contributed by atoms with Crippen molar-refractivity contribution < 1.29 is 4.42 Å². The van der Waals surface area contributed by atoms with Crippen LogP contribution in [0.3, 0.4) is 0 Å². The minimum absolute atomic E-state index is 0.604. The van der Waals surface area contributed by atoms with E-state index < -0.39 is 0 Å². The summed E-state index contributed by atoms with van der Waals surface area (Å²) in [6.07, 6.45) is 8.63. The zero-order valence-electron chi connectivity index (χ0n) is 13.0. The molecule has 0 spiro atoms. The molecule has 2 aromatic rings. The molecule has 1 aromatic carbocycles. The van der Waals surface area contributed by atoms with Gasteiger partial charge in [-0.05, 0) is 49.4 Å². The Morgan fingerprint density at radius 1 is 1.14 bits per heavy atom. The fourth-order valence-corrected chi connectivity index (χ4v) is 3.95. The van der Waals surface area contributed by atoms with E-state index in [1.54, 1.807) is 17.4 Å². The van der Waals surface area contributed by atoms with Gasteiger partial charge in [0.15, 0.2) is 0 Å². The Kier molecular flexibility index (Phi) is 4.00. The number of nitrogens with one attached hydrogen (secondary N) is 1.